The predicted octanol–water partition coefficient (Wildman–Crippen LogP) is 1.58. The summed E-state index contributed by atoms with van der Waals surface area (Å²) in [6, 6.07) is 0. The molecule has 1 N–H and O–H groups in total. The average Bonchev–Trinajstić information content (AvgIpc) is 2.85. The number of allylic oxidation sites excluding steroid dienone is 2. The summed E-state index contributed by atoms with van der Waals surface area (Å²) in [6.07, 6.45) is 5.38. The second-order valence-electron chi connectivity index (χ2n) is 4.99. The Labute approximate surface area is 94.8 Å². The molecule has 3 atom stereocenters. The van der Waals surface area contributed by atoms with E-state index in [0.29, 0.717) is 11.8 Å². The molecule has 0 aromatic rings. The van der Waals surface area contributed by atoms with E-state index in [9.17, 15) is 9.90 Å². The Morgan fingerprint density at radius 3 is 3.00 bits per heavy atom. The van der Waals surface area contributed by atoms with Gasteiger partial charge in [0.25, 0.3) is 0 Å². The van der Waals surface area contributed by atoms with Crippen molar-refractivity contribution in [1.29, 1.82) is 0 Å². The normalized spacial score (nSPS) is 36.1. The molecule has 3 aliphatic rings. The van der Waals surface area contributed by atoms with E-state index in [-0.39, 0.29) is 12.1 Å². The molecule has 0 heterocycles. The summed E-state index contributed by atoms with van der Waals surface area (Å²) in [5.41, 5.74) is 3.61. The van der Waals surface area contributed by atoms with Crippen LogP contribution in [0.2, 0.25) is 0 Å². The van der Waals surface area contributed by atoms with Gasteiger partial charge < -0.3 is 9.84 Å². The Morgan fingerprint density at radius 2 is 2.25 bits per heavy atom. The molecule has 16 heavy (non-hydrogen) atoms. The van der Waals surface area contributed by atoms with Crippen LogP contribution in [-0.4, -0.2) is 24.3 Å². The van der Waals surface area contributed by atoms with Gasteiger partial charge in [-0.3, -0.25) is 0 Å². The SMILES string of the molecule is COC(=O)C1=CCC2=C(C1)[C@@H]1C[C@@H](O)[C@H]2C1. The topological polar surface area (TPSA) is 46.5 Å². The van der Waals surface area contributed by atoms with Gasteiger partial charge in [0.2, 0.25) is 0 Å². The number of carbonyl (C=O) groups excluding carboxylic acids is 1. The smallest absolute Gasteiger partial charge is 0.333 e. The molecule has 0 amide bonds. The van der Waals surface area contributed by atoms with Crippen LogP contribution in [0.4, 0.5) is 0 Å². The fourth-order valence-corrected chi connectivity index (χ4v) is 3.51. The van der Waals surface area contributed by atoms with Crippen molar-refractivity contribution in [3.8, 4) is 0 Å². The molecule has 0 aliphatic heterocycles. The molecule has 0 saturated heterocycles. The van der Waals surface area contributed by atoms with E-state index in [1.165, 1.54) is 18.3 Å². The molecular weight excluding hydrogens is 204 g/mol. The molecule has 3 nitrogen and oxygen atoms in total. The molecule has 3 heteroatoms. The molecule has 0 spiro atoms. The molecule has 0 unspecified atom stereocenters. The molecule has 3 aliphatic carbocycles. The zero-order chi connectivity index (χ0) is 11.3. The summed E-state index contributed by atoms with van der Waals surface area (Å²) in [5, 5.41) is 9.83. The van der Waals surface area contributed by atoms with E-state index >= 15 is 0 Å². The number of fused-ring (bicyclic) bond motifs is 4. The number of ether oxygens (including phenoxy) is 1. The van der Waals surface area contributed by atoms with Crippen LogP contribution in [-0.2, 0) is 9.53 Å². The second-order valence-corrected chi connectivity index (χ2v) is 4.99. The highest BCUT2D eigenvalue weighted by Gasteiger charge is 2.45. The van der Waals surface area contributed by atoms with E-state index in [2.05, 4.69) is 0 Å². The number of methoxy groups -OCH3 is 1. The van der Waals surface area contributed by atoms with Crippen molar-refractivity contribution in [2.75, 3.05) is 7.11 Å². The minimum atomic E-state index is -0.199. The molecule has 0 aromatic heterocycles. The first kappa shape index (κ1) is 10.1. The lowest BCUT2D eigenvalue weighted by atomic mass is 9.81. The Bertz CT molecular complexity index is 405. The van der Waals surface area contributed by atoms with E-state index in [1.807, 2.05) is 6.08 Å². The summed E-state index contributed by atoms with van der Waals surface area (Å²) in [5.74, 6) is 0.689. The molecule has 2 bridgehead atoms. The monoisotopic (exact) mass is 220 g/mol. The van der Waals surface area contributed by atoms with Gasteiger partial charge in [0.1, 0.15) is 0 Å². The third-order valence-electron chi connectivity index (χ3n) is 4.28. The van der Waals surface area contributed by atoms with Crippen molar-refractivity contribution in [3.05, 3.63) is 22.8 Å². The average molecular weight is 220 g/mol. The summed E-state index contributed by atoms with van der Waals surface area (Å²) in [4.78, 5) is 11.5. The van der Waals surface area contributed by atoms with Gasteiger partial charge >= 0.3 is 5.97 Å². The quantitative estimate of drug-likeness (QED) is 0.539. The van der Waals surface area contributed by atoms with E-state index in [4.69, 9.17) is 4.74 Å². The van der Waals surface area contributed by atoms with Crippen molar-refractivity contribution >= 4 is 5.97 Å². The first-order chi connectivity index (χ1) is 7.70. The van der Waals surface area contributed by atoms with Crippen molar-refractivity contribution in [1.82, 2.24) is 0 Å². The van der Waals surface area contributed by atoms with Crippen LogP contribution in [0.1, 0.15) is 25.7 Å². The highest BCUT2D eigenvalue weighted by atomic mass is 16.5. The van der Waals surface area contributed by atoms with Gasteiger partial charge in [0.05, 0.1) is 13.2 Å². The van der Waals surface area contributed by atoms with Gasteiger partial charge in [-0.25, -0.2) is 4.79 Å². The number of hydrogen-bond donors (Lipinski definition) is 1. The largest absolute Gasteiger partial charge is 0.466 e. The minimum absolute atomic E-state index is 0.142. The molecule has 1 saturated carbocycles. The van der Waals surface area contributed by atoms with Crippen LogP contribution in [0.5, 0.6) is 0 Å². The summed E-state index contributed by atoms with van der Waals surface area (Å²) >= 11 is 0. The van der Waals surface area contributed by atoms with E-state index in [1.54, 1.807) is 0 Å². The van der Waals surface area contributed by atoms with Gasteiger partial charge in [-0.05, 0) is 25.2 Å². The lowest BCUT2D eigenvalue weighted by molar-refractivity contribution is -0.136. The Kier molecular flexibility index (Phi) is 2.18. The maximum atomic E-state index is 11.5. The maximum absolute atomic E-state index is 11.5. The van der Waals surface area contributed by atoms with Crippen LogP contribution in [0.15, 0.2) is 22.8 Å². The fraction of sp³-hybridized carbons (Fsp3) is 0.615. The van der Waals surface area contributed by atoms with Gasteiger partial charge in [-0.15, -0.1) is 0 Å². The number of aliphatic hydroxyl groups excluding tert-OH is 1. The van der Waals surface area contributed by atoms with Crippen molar-refractivity contribution in [2.45, 2.75) is 31.8 Å². The molecular formula is C13H16O3. The third-order valence-corrected chi connectivity index (χ3v) is 4.28. The van der Waals surface area contributed by atoms with Crippen LogP contribution in [0.3, 0.4) is 0 Å². The number of aliphatic hydroxyl groups is 1. The Hall–Kier alpha value is -1.09. The van der Waals surface area contributed by atoms with E-state index < -0.39 is 0 Å². The van der Waals surface area contributed by atoms with Gasteiger partial charge in [-0.1, -0.05) is 17.2 Å². The van der Waals surface area contributed by atoms with Crippen LogP contribution in [0.25, 0.3) is 0 Å². The number of rotatable bonds is 1. The standard InChI is InChI=1S/C13H16O3/c1-16-13(15)7-2-3-9-10(4-7)8-5-11(9)12(14)6-8/h2,8,11-12,14H,3-6H2,1H3/t8-,11-,12+/m0/s1. The third kappa shape index (κ3) is 1.27. The first-order valence-corrected chi connectivity index (χ1v) is 5.88. The van der Waals surface area contributed by atoms with Crippen molar-refractivity contribution in [2.24, 2.45) is 11.8 Å². The van der Waals surface area contributed by atoms with Crippen LogP contribution >= 0.6 is 0 Å². The number of hydrogen-bond acceptors (Lipinski definition) is 3. The summed E-state index contributed by atoms with van der Waals surface area (Å²) < 4.78 is 4.76. The van der Waals surface area contributed by atoms with Crippen molar-refractivity contribution < 1.29 is 14.6 Å². The first-order valence-electron chi connectivity index (χ1n) is 5.88. The Morgan fingerprint density at radius 1 is 1.44 bits per heavy atom. The zero-order valence-corrected chi connectivity index (χ0v) is 9.40. The lowest BCUT2D eigenvalue weighted by Gasteiger charge is -2.26. The van der Waals surface area contributed by atoms with Crippen LogP contribution in [0, 0.1) is 11.8 Å². The highest BCUT2D eigenvalue weighted by Crippen LogP contribution is 2.53. The van der Waals surface area contributed by atoms with Gasteiger partial charge in [0.15, 0.2) is 0 Å². The van der Waals surface area contributed by atoms with Gasteiger partial charge in [0, 0.05) is 17.9 Å². The lowest BCUT2D eigenvalue weighted by Crippen LogP contribution is -2.22. The summed E-state index contributed by atoms with van der Waals surface area (Å²) in [7, 11) is 1.43. The fourth-order valence-electron chi connectivity index (χ4n) is 3.51. The zero-order valence-electron chi connectivity index (χ0n) is 9.40. The summed E-state index contributed by atoms with van der Waals surface area (Å²) in [6.45, 7) is 0. The predicted molar refractivity (Wildman–Crippen MR) is 58.6 cm³/mol. The van der Waals surface area contributed by atoms with Crippen LogP contribution < -0.4 is 0 Å². The highest BCUT2D eigenvalue weighted by molar-refractivity contribution is 5.89. The van der Waals surface area contributed by atoms with Gasteiger partial charge in [-0.2, -0.15) is 0 Å². The second kappa shape index (κ2) is 3.45. The molecule has 86 valence electrons. The number of carbonyl (C=O) groups is 1. The molecule has 3 rings (SSSR count). The molecule has 0 radical (unpaired) electrons. The maximum Gasteiger partial charge on any atom is 0.333 e. The number of esters is 1. The molecule has 0 aromatic carbocycles. The molecule has 1 fully saturated rings. The minimum Gasteiger partial charge on any atom is -0.466 e. The van der Waals surface area contributed by atoms with Crippen molar-refractivity contribution in [3.63, 3.8) is 0 Å². The Balaban J connectivity index is 1.83. The van der Waals surface area contributed by atoms with E-state index in [0.717, 1.165) is 31.3 Å².